The third kappa shape index (κ3) is 5.13. The first-order valence-electron chi connectivity index (χ1n) is 9.52. The molecule has 8 nitrogen and oxygen atoms in total. The van der Waals surface area contributed by atoms with Gasteiger partial charge in [-0.15, -0.1) is 5.10 Å². The van der Waals surface area contributed by atoms with Gasteiger partial charge >= 0.3 is 5.97 Å². The van der Waals surface area contributed by atoms with Crippen LogP contribution in [-0.2, 0) is 14.3 Å². The highest BCUT2D eigenvalue weighted by atomic mass is 32.2. The molecule has 0 atom stereocenters. The minimum Gasteiger partial charge on any atom is -0.490 e. The Bertz CT molecular complexity index is 1090. The summed E-state index contributed by atoms with van der Waals surface area (Å²) in [7, 11) is 1.25. The fourth-order valence-electron chi connectivity index (χ4n) is 2.89. The average Bonchev–Trinajstić information content (AvgIpc) is 2.98. The Balaban J connectivity index is 1.42. The molecule has 4 rings (SSSR count). The van der Waals surface area contributed by atoms with Crippen LogP contribution in [0.25, 0.3) is 11.1 Å². The summed E-state index contributed by atoms with van der Waals surface area (Å²) in [5.74, 6) is 0.513. The molecular formula is C22H19N3O5S. The predicted octanol–water partition coefficient (Wildman–Crippen LogP) is 3.12. The van der Waals surface area contributed by atoms with Gasteiger partial charge in [0.2, 0.25) is 0 Å². The zero-order valence-corrected chi connectivity index (χ0v) is 17.5. The van der Waals surface area contributed by atoms with E-state index in [1.807, 2.05) is 42.5 Å². The molecule has 1 saturated heterocycles. The Morgan fingerprint density at radius 2 is 1.84 bits per heavy atom. The van der Waals surface area contributed by atoms with Crippen molar-refractivity contribution in [3.63, 3.8) is 0 Å². The number of thioether (sulfide) groups is 1. The number of carbonyl (C=O) groups excluding carboxylic acids is 2. The summed E-state index contributed by atoms with van der Waals surface area (Å²) in [6.07, 6.45) is 3.57. The molecule has 0 radical (unpaired) electrons. The van der Waals surface area contributed by atoms with Crippen molar-refractivity contribution in [3.8, 4) is 22.6 Å². The maximum atomic E-state index is 11.8. The molecule has 31 heavy (non-hydrogen) atoms. The fraction of sp³-hybridized carbons (Fsp3) is 0.182. The van der Waals surface area contributed by atoms with Crippen molar-refractivity contribution in [2.75, 3.05) is 20.3 Å². The average molecular weight is 437 g/mol. The Morgan fingerprint density at radius 3 is 2.61 bits per heavy atom. The Kier molecular flexibility index (Phi) is 6.32. The zero-order valence-electron chi connectivity index (χ0n) is 16.7. The van der Waals surface area contributed by atoms with Crippen molar-refractivity contribution in [1.82, 2.24) is 5.32 Å². The van der Waals surface area contributed by atoms with Gasteiger partial charge in [0, 0.05) is 12.5 Å². The Hall–Kier alpha value is -3.59. The molecule has 158 valence electrons. The van der Waals surface area contributed by atoms with E-state index >= 15 is 0 Å². The van der Waals surface area contributed by atoms with E-state index in [1.54, 1.807) is 6.21 Å². The van der Waals surface area contributed by atoms with Crippen molar-refractivity contribution in [1.29, 1.82) is 0 Å². The second-order valence-corrected chi connectivity index (χ2v) is 7.60. The summed E-state index contributed by atoms with van der Waals surface area (Å²) >= 11 is 1.02. The molecule has 0 aromatic heterocycles. The van der Waals surface area contributed by atoms with E-state index in [1.165, 1.54) is 7.11 Å². The van der Waals surface area contributed by atoms with Crippen molar-refractivity contribution in [2.45, 2.75) is 6.42 Å². The van der Waals surface area contributed by atoms with Gasteiger partial charge in [-0.3, -0.25) is 10.1 Å². The lowest BCUT2D eigenvalue weighted by molar-refractivity contribution is -0.135. The number of carbonyl (C=O) groups is 2. The van der Waals surface area contributed by atoms with Crippen LogP contribution in [0.1, 0.15) is 12.0 Å². The molecule has 0 spiro atoms. The van der Waals surface area contributed by atoms with Gasteiger partial charge in [-0.2, -0.15) is 5.10 Å². The number of amides is 1. The topological polar surface area (TPSA) is 98.6 Å². The second-order valence-electron chi connectivity index (χ2n) is 6.57. The van der Waals surface area contributed by atoms with Gasteiger partial charge in [0.1, 0.15) is 0 Å². The van der Waals surface area contributed by atoms with Gasteiger partial charge in [0.15, 0.2) is 16.7 Å². The van der Waals surface area contributed by atoms with Gasteiger partial charge in [-0.25, -0.2) is 4.79 Å². The van der Waals surface area contributed by atoms with Crippen LogP contribution in [0.3, 0.4) is 0 Å². The fourth-order valence-corrected chi connectivity index (χ4v) is 3.63. The summed E-state index contributed by atoms with van der Waals surface area (Å²) in [4.78, 5) is 23.3. The monoisotopic (exact) mass is 437 g/mol. The van der Waals surface area contributed by atoms with E-state index in [0.29, 0.717) is 18.4 Å². The molecule has 2 aliphatic heterocycles. The first-order chi connectivity index (χ1) is 15.1. The number of benzene rings is 2. The van der Waals surface area contributed by atoms with Gasteiger partial charge in [-0.1, -0.05) is 30.3 Å². The van der Waals surface area contributed by atoms with E-state index in [4.69, 9.17) is 9.47 Å². The number of amidine groups is 1. The van der Waals surface area contributed by atoms with E-state index < -0.39 is 11.9 Å². The summed E-state index contributed by atoms with van der Waals surface area (Å²) < 4.78 is 15.9. The molecule has 2 aromatic carbocycles. The first-order valence-corrected chi connectivity index (χ1v) is 10.3. The summed E-state index contributed by atoms with van der Waals surface area (Å²) in [5, 5.41) is 10.8. The molecule has 0 saturated carbocycles. The first kappa shape index (κ1) is 20.7. The maximum Gasteiger partial charge on any atom is 0.331 e. The molecule has 2 heterocycles. The Labute approximate surface area is 183 Å². The lowest BCUT2D eigenvalue weighted by Crippen LogP contribution is -2.19. The third-order valence-corrected chi connectivity index (χ3v) is 5.35. The van der Waals surface area contributed by atoms with Gasteiger partial charge in [0.05, 0.1) is 31.4 Å². The van der Waals surface area contributed by atoms with Crippen molar-refractivity contribution in [3.05, 3.63) is 59.0 Å². The number of ether oxygens (including phenoxy) is 3. The minimum atomic E-state index is -0.601. The van der Waals surface area contributed by atoms with Crippen molar-refractivity contribution >= 4 is 35.0 Å². The molecule has 2 aliphatic rings. The molecule has 0 bridgehead atoms. The molecule has 0 unspecified atom stereocenters. The van der Waals surface area contributed by atoms with E-state index in [9.17, 15) is 9.59 Å². The largest absolute Gasteiger partial charge is 0.490 e. The van der Waals surface area contributed by atoms with Crippen molar-refractivity contribution < 1.29 is 23.8 Å². The maximum absolute atomic E-state index is 11.8. The van der Waals surface area contributed by atoms with Crippen LogP contribution >= 0.6 is 11.8 Å². The smallest absolute Gasteiger partial charge is 0.331 e. The SMILES string of the molecule is COC(=O)/C=C1/S/C(=N\N=Cc2ccc(-c3ccc4c(c3)OCCCO4)cc2)NC1=O. The Morgan fingerprint density at radius 1 is 1.10 bits per heavy atom. The lowest BCUT2D eigenvalue weighted by Gasteiger charge is -2.09. The number of hydrogen-bond acceptors (Lipinski definition) is 8. The minimum absolute atomic E-state index is 0.209. The molecule has 1 amide bonds. The summed E-state index contributed by atoms with van der Waals surface area (Å²) in [6, 6.07) is 13.7. The van der Waals surface area contributed by atoms with Crippen LogP contribution in [0.15, 0.2) is 63.6 Å². The zero-order chi connectivity index (χ0) is 21.6. The van der Waals surface area contributed by atoms with Crippen LogP contribution in [-0.4, -0.2) is 43.6 Å². The van der Waals surface area contributed by atoms with E-state index in [-0.39, 0.29) is 4.91 Å². The summed E-state index contributed by atoms with van der Waals surface area (Å²) in [6.45, 7) is 1.31. The van der Waals surface area contributed by atoms with Crippen LogP contribution in [0.2, 0.25) is 0 Å². The number of hydrogen-bond donors (Lipinski definition) is 1. The highest BCUT2D eigenvalue weighted by molar-refractivity contribution is 8.18. The second kappa shape index (κ2) is 9.48. The molecule has 2 aromatic rings. The predicted molar refractivity (Wildman–Crippen MR) is 118 cm³/mol. The standard InChI is InChI=1S/C22H19N3O5S/c1-28-20(26)12-19-21(27)24-22(31-19)25-23-13-14-3-5-15(6-4-14)16-7-8-17-18(11-16)30-10-2-9-29-17/h3-8,11-13H,2,9-10H2,1H3,(H,24,25,27)/b19-12+,23-13?. The number of fused-ring (bicyclic) bond motifs is 1. The molecule has 1 N–H and O–H groups in total. The van der Waals surface area contributed by atoms with Crippen molar-refractivity contribution in [2.24, 2.45) is 10.2 Å². The number of methoxy groups -OCH3 is 1. The quantitative estimate of drug-likeness (QED) is 0.342. The van der Waals surface area contributed by atoms with Crippen LogP contribution in [0, 0.1) is 0 Å². The highest BCUT2D eigenvalue weighted by Crippen LogP contribution is 2.34. The molecule has 0 aliphatic carbocycles. The van der Waals surface area contributed by atoms with Gasteiger partial charge in [0.25, 0.3) is 5.91 Å². The van der Waals surface area contributed by atoms with Crippen LogP contribution < -0.4 is 14.8 Å². The lowest BCUT2D eigenvalue weighted by atomic mass is 10.0. The van der Waals surface area contributed by atoms with Gasteiger partial charge in [-0.05, 0) is 40.6 Å². The van der Waals surface area contributed by atoms with E-state index in [2.05, 4.69) is 20.3 Å². The van der Waals surface area contributed by atoms with Crippen LogP contribution in [0.4, 0.5) is 0 Å². The number of esters is 1. The highest BCUT2D eigenvalue weighted by Gasteiger charge is 2.25. The number of rotatable bonds is 4. The number of nitrogens with zero attached hydrogens (tertiary/aromatic N) is 2. The third-order valence-electron chi connectivity index (χ3n) is 4.45. The van der Waals surface area contributed by atoms with Gasteiger partial charge < -0.3 is 14.2 Å². The van der Waals surface area contributed by atoms with Crippen LogP contribution in [0.5, 0.6) is 11.5 Å². The number of nitrogens with one attached hydrogen (secondary N) is 1. The summed E-state index contributed by atoms with van der Waals surface area (Å²) in [5.41, 5.74) is 2.92. The van der Waals surface area contributed by atoms with E-state index in [0.717, 1.165) is 52.4 Å². The molecule has 1 fully saturated rings. The molecular weight excluding hydrogens is 418 g/mol. The normalized spacial score (nSPS) is 18.3. The molecule has 9 heteroatoms.